The Kier molecular flexibility index (Phi) is 4.33. The van der Waals surface area contributed by atoms with Crippen molar-refractivity contribution >= 4 is 23.2 Å². The number of Topliss-reactive ketones (excluding diaryl/α,β-unsaturated/α-hetero) is 1. The van der Waals surface area contributed by atoms with Crippen molar-refractivity contribution in [3.8, 4) is 0 Å². The highest BCUT2D eigenvalue weighted by Crippen LogP contribution is 2.41. The molecule has 0 saturated heterocycles. The Hall–Kier alpha value is -1.57. The molecule has 0 atom stereocenters. The number of nitro benzene ring substituents is 1. The second kappa shape index (κ2) is 5.38. The van der Waals surface area contributed by atoms with Crippen LogP contribution in [0, 0.1) is 10.1 Å². The summed E-state index contributed by atoms with van der Waals surface area (Å²) in [6.07, 6.45) is 0.119. The fourth-order valence-electron chi connectivity index (χ4n) is 1.25. The Balaban J connectivity index is 3.24. The van der Waals surface area contributed by atoms with Crippen LogP contribution in [0.3, 0.4) is 0 Å². The minimum absolute atomic E-state index is 0.0369. The van der Waals surface area contributed by atoms with E-state index in [4.69, 9.17) is 0 Å². The van der Waals surface area contributed by atoms with Gasteiger partial charge in [0.2, 0.25) is 0 Å². The van der Waals surface area contributed by atoms with Crippen LogP contribution in [-0.4, -0.2) is 16.2 Å². The maximum atomic E-state index is 12.3. The first-order valence-electron chi connectivity index (χ1n) is 4.82. The molecule has 98 valence electrons. The lowest BCUT2D eigenvalue weighted by Crippen LogP contribution is -2.03. The zero-order valence-corrected chi connectivity index (χ0v) is 9.97. The molecule has 0 saturated carbocycles. The van der Waals surface area contributed by atoms with Gasteiger partial charge < -0.3 is 0 Å². The summed E-state index contributed by atoms with van der Waals surface area (Å²) in [6.45, 7) is 1.56. The second-order valence-electron chi connectivity index (χ2n) is 3.26. The van der Waals surface area contributed by atoms with Gasteiger partial charge in [0.1, 0.15) is 0 Å². The molecule has 0 unspecified atom stereocenters. The summed E-state index contributed by atoms with van der Waals surface area (Å²) in [4.78, 5) is 20.5. The Bertz CT molecular complexity index is 488. The third-order valence-electron chi connectivity index (χ3n) is 2.03. The van der Waals surface area contributed by atoms with E-state index in [1.54, 1.807) is 6.92 Å². The summed E-state index contributed by atoms with van der Waals surface area (Å²) in [5.41, 5.74) is -5.27. The normalized spacial score (nSPS) is 11.3. The van der Waals surface area contributed by atoms with Crippen molar-refractivity contribution in [2.75, 3.05) is 0 Å². The van der Waals surface area contributed by atoms with E-state index in [1.165, 1.54) is 0 Å². The van der Waals surface area contributed by atoms with Gasteiger partial charge in [-0.25, -0.2) is 0 Å². The third-order valence-corrected chi connectivity index (χ3v) is 2.80. The molecular formula is C10H8F3NO3S. The molecule has 0 aliphatic carbocycles. The molecule has 1 aromatic carbocycles. The molecule has 1 aromatic rings. The van der Waals surface area contributed by atoms with Crippen molar-refractivity contribution < 1.29 is 22.9 Å². The molecular weight excluding hydrogens is 271 g/mol. The quantitative estimate of drug-likeness (QED) is 0.364. The average molecular weight is 279 g/mol. The van der Waals surface area contributed by atoms with E-state index in [2.05, 4.69) is 0 Å². The first-order chi connectivity index (χ1) is 8.24. The van der Waals surface area contributed by atoms with Gasteiger partial charge in [0, 0.05) is 18.1 Å². The van der Waals surface area contributed by atoms with E-state index in [0.29, 0.717) is 0 Å². The van der Waals surface area contributed by atoms with Gasteiger partial charge in [-0.1, -0.05) is 6.92 Å². The number of nitro groups is 1. The first kappa shape index (κ1) is 14.5. The largest absolute Gasteiger partial charge is 0.446 e. The zero-order chi connectivity index (χ0) is 13.9. The van der Waals surface area contributed by atoms with Crippen LogP contribution in [0.1, 0.15) is 23.7 Å². The Morgan fingerprint density at radius 3 is 2.50 bits per heavy atom. The van der Waals surface area contributed by atoms with E-state index in [1.807, 2.05) is 0 Å². The molecule has 0 spiro atoms. The van der Waals surface area contributed by atoms with E-state index in [9.17, 15) is 28.1 Å². The van der Waals surface area contributed by atoms with Crippen LogP contribution in [0.25, 0.3) is 0 Å². The van der Waals surface area contributed by atoms with Gasteiger partial charge in [-0.2, -0.15) is 13.2 Å². The maximum Gasteiger partial charge on any atom is 0.446 e. The molecule has 0 bridgehead atoms. The standard InChI is InChI=1S/C10H8F3NO3S/c1-2-8(15)6-3-4-7(14(16)17)9(5-6)18-10(11,12)13/h3-5H,2H2,1H3. The van der Waals surface area contributed by atoms with Crippen molar-refractivity contribution in [2.24, 2.45) is 0 Å². The van der Waals surface area contributed by atoms with Crippen LogP contribution >= 0.6 is 11.8 Å². The molecule has 8 heteroatoms. The summed E-state index contributed by atoms with van der Waals surface area (Å²) >= 11 is -0.596. The zero-order valence-electron chi connectivity index (χ0n) is 9.15. The predicted octanol–water partition coefficient (Wildman–Crippen LogP) is 3.80. The van der Waals surface area contributed by atoms with Crippen molar-refractivity contribution in [2.45, 2.75) is 23.7 Å². The fourth-order valence-corrected chi connectivity index (χ4v) is 1.93. The minimum atomic E-state index is -4.64. The molecule has 0 amide bonds. The maximum absolute atomic E-state index is 12.3. The highest BCUT2D eigenvalue weighted by molar-refractivity contribution is 8.00. The molecule has 0 aliphatic rings. The van der Waals surface area contributed by atoms with E-state index < -0.39 is 32.8 Å². The molecule has 0 fully saturated rings. The molecule has 18 heavy (non-hydrogen) atoms. The lowest BCUT2D eigenvalue weighted by molar-refractivity contribution is -0.387. The van der Waals surface area contributed by atoms with Crippen LogP contribution in [0.4, 0.5) is 18.9 Å². The number of benzene rings is 1. The monoisotopic (exact) mass is 279 g/mol. The van der Waals surface area contributed by atoms with Gasteiger partial charge in [0.05, 0.1) is 9.82 Å². The second-order valence-corrected chi connectivity index (χ2v) is 4.37. The average Bonchev–Trinajstić information content (AvgIpc) is 2.25. The number of halogens is 3. The Labute approximate surface area is 104 Å². The molecule has 0 aromatic heterocycles. The lowest BCUT2D eigenvalue weighted by atomic mass is 10.1. The number of ketones is 1. The van der Waals surface area contributed by atoms with Gasteiger partial charge in [-0.05, 0) is 23.9 Å². The number of rotatable bonds is 4. The summed E-state index contributed by atoms with van der Waals surface area (Å²) in [6, 6.07) is 2.98. The summed E-state index contributed by atoms with van der Waals surface area (Å²) in [5, 5.41) is 10.6. The fraction of sp³-hybridized carbons (Fsp3) is 0.300. The van der Waals surface area contributed by atoms with E-state index >= 15 is 0 Å². The number of hydrogen-bond acceptors (Lipinski definition) is 4. The molecule has 0 aliphatic heterocycles. The van der Waals surface area contributed by atoms with E-state index in [-0.39, 0.29) is 17.8 Å². The molecule has 0 N–H and O–H groups in total. The molecule has 0 radical (unpaired) electrons. The molecule has 4 nitrogen and oxygen atoms in total. The summed E-state index contributed by atoms with van der Waals surface area (Å²) in [5.74, 6) is -0.367. The lowest BCUT2D eigenvalue weighted by Gasteiger charge is -2.07. The first-order valence-corrected chi connectivity index (χ1v) is 5.63. The Morgan fingerprint density at radius 1 is 1.44 bits per heavy atom. The van der Waals surface area contributed by atoms with Crippen LogP contribution in [0.2, 0.25) is 0 Å². The topological polar surface area (TPSA) is 60.2 Å². The van der Waals surface area contributed by atoms with Gasteiger partial charge in [0.15, 0.2) is 5.78 Å². The number of alkyl halides is 3. The summed E-state index contributed by atoms with van der Waals surface area (Å²) < 4.78 is 36.8. The van der Waals surface area contributed by atoms with Crippen LogP contribution in [-0.2, 0) is 0 Å². The number of carbonyl (C=O) groups is 1. The van der Waals surface area contributed by atoms with Gasteiger partial charge in [-0.15, -0.1) is 0 Å². The predicted molar refractivity (Wildman–Crippen MR) is 59.6 cm³/mol. The Morgan fingerprint density at radius 2 is 2.06 bits per heavy atom. The number of thioether (sulfide) groups is 1. The van der Waals surface area contributed by atoms with Crippen LogP contribution in [0.15, 0.2) is 23.1 Å². The van der Waals surface area contributed by atoms with Crippen molar-refractivity contribution in [3.63, 3.8) is 0 Å². The van der Waals surface area contributed by atoms with Crippen molar-refractivity contribution in [1.29, 1.82) is 0 Å². The number of nitrogens with zero attached hydrogens (tertiary/aromatic N) is 1. The SMILES string of the molecule is CCC(=O)c1ccc([N+](=O)[O-])c(SC(F)(F)F)c1. The highest BCUT2D eigenvalue weighted by Gasteiger charge is 2.33. The number of carbonyl (C=O) groups excluding carboxylic acids is 1. The summed E-state index contributed by atoms with van der Waals surface area (Å²) in [7, 11) is 0. The van der Waals surface area contributed by atoms with Crippen LogP contribution in [0.5, 0.6) is 0 Å². The van der Waals surface area contributed by atoms with Gasteiger partial charge in [-0.3, -0.25) is 14.9 Å². The van der Waals surface area contributed by atoms with Crippen LogP contribution < -0.4 is 0 Å². The molecule has 0 heterocycles. The van der Waals surface area contributed by atoms with E-state index in [0.717, 1.165) is 18.2 Å². The van der Waals surface area contributed by atoms with Crippen molar-refractivity contribution in [1.82, 2.24) is 0 Å². The van der Waals surface area contributed by atoms with Gasteiger partial charge >= 0.3 is 5.51 Å². The highest BCUT2D eigenvalue weighted by atomic mass is 32.2. The molecule has 1 rings (SSSR count). The van der Waals surface area contributed by atoms with Gasteiger partial charge in [0.25, 0.3) is 5.69 Å². The van der Waals surface area contributed by atoms with Crippen molar-refractivity contribution in [3.05, 3.63) is 33.9 Å². The smallest absolute Gasteiger partial charge is 0.294 e. The minimum Gasteiger partial charge on any atom is -0.294 e. The third kappa shape index (κ3) is 3.73. The number of hydrogen-bond donors (Lipinski definition) is 0.